The minimum Gasteiger partial charge on any atom is -0.467 e. The maximum absolute atomic E-state index is 11.3. The fourth-order valence-electron chi connectivity index (χ4n) is 1.15. The fourth-order valence-corrected chi connectivity index (χ4v) is 1.87. The summed E-state index contributed by atoms with van der Waals surface area (Å²) in [4.78, 5) is 11.3. The predicted molar refractivity (Wildman–Crippen MR) is 64.3 cm³/mol. The van der Waals surface area contributed by atoms with Gasteiger partial charge in [-0.3, -0.25) is 4.79 Å². The van der Waals surface area contributed by atoms with Gasteiger partial charge in [-0.2, -0.15) is 11.8 Å². The first kappa shape index (κ1) is 13.1. The van der Waals surface area contributed by atoms with Crippen LogP contribution in [-0.2, 0) is 4.79 Å². The summed E-state index contributed by atoms with van der Waals surface area (Å²) in [6.45, 7) is 2.27. The van der Waals surface area contributed by atoms with Crippen LogP contribution in [0.1, 0.15) is 25.2 Å². The minimum absolute atomic E-state index is 0.0518. The molecule has 1 unspecified atom stereocenters. The molecule has 1 rings (SSSR count). The molecule has 1 atom stereocenters. The fraction of sp³-hybridized carbons (Fsp3) is 0.545. The van der Waals surface area contributed by atoms with Gasteiger partial charge in [-0.15, -0.1) is 0 Å². The largest absolute Gasteiger partial charge is 0.467 e. The van der Waals surface area contributed by atoms with Crippen molar-refractivity contribution in [2.45, 2.75) is 19.4 Å². The molecule has 0 aliphatic rings. The highest BCUT2D eigenvalue weighted by Gasteiger charge is 2.11. The van der Waals surface area contributed by atoms with Crippen molar-refractivity contribution in [2.75, 3.05) is 18.1 Å². The number of hydrogen-bond acceptors (Lipinski definition) is 4. The molecular weight excluding hydrogens is 226 g/mol. The van der Waals surface area contributed by atoms with Crippen LogP contribution in [0.5, 0.6) is 0 Å². The summed E-state index contributed by atoms with van der Waals surface area (Å²) in [5.74, 6) is 1.85. The van der Waals surface area contributed by atoms with Gasteiger partial charge in [0.15, 0.2) is 0 Å². The number of furan rings is 1. The Morgan fingerprint density at radius 1 is 1.69 bits per heavy atom. The third-order valence-electron chi connectivity index (χ3n) is 1.95. The molecular formula is C11H17NO3S. The molecule has 1 amide bonds. The average Bonchev–Trinajstić information content (AvgIpc) is 2.79. The van der Waals surface area contributed by atoms with Crippen molar-refractivity contribution in [3.8, 4) is 0 Å². The first-order valence-electron chi connectivity index (χ1n) is 5.30. The van der Waals surface area contributed by atoms with Crippen molar-refractivity contribution < 1.29 is 14.3 Å². The third-order valence-corrected chi connectivity index (χ3v) is 3.11. The quantitative estimate of drug-likeness (QED) is 0.714. The molecule has 0 fully saturated rings. The van der Waals surface area contributed by atoms with E-state index in [2.05, 4.69) is 12.2 Å². The molecule has 0 aliphatic carbocycles. The Balaban J connectivity index is 2.16. The van der Waals surface area contributed by atoms with Crippen LogP contribution < -0.4 is 5.32 Å². The second-order valence-corrected chi connectivity index (χ2v) is 4.49. The molecule has 0 saturated carbocycles. The molecule has 5 heteroatoms. The Kier molecular flexibility index (Phi) is 6.03. The Hall–Kier alpha value is -0.940. The van der Waals surface area contributed by atoms with E-state index in [1.807, 2.05) is 0 Å². The highest BCUT2D eigenvalue weighted by molar-refractivity contribution is 7.99. The summed E-state index contributed by atoms with van der Waals surface area (Å²) >= 11 is 1.59. The molecule has 2 N–H and O–H groups in total. The van der Waals surface area contributed by atoms with E-state index < -0.39 is 6.10 Å². The highest BCUT2D eigenvalue weighted by Crippen LogP contribution is 2.11. The molecule has 1 aromatic rings. The highest BCUT2D eigenvalue weighted by atomic mass is 32.2. The number of rotatable bonds is 7. The van der Waals surface area contributed by atoms with Crippen molar-refractivity contribution in [2.24, 2.45) is 0 Å². The Morgan fingerprint density at radius 3 is 3.12 bits per heavy atom. The van der Waals surface area contributed by atoms with Crippen molar-refractivity contribution in [1.29, 1.82) is 0 Å². The van der Waals surface area contributed by atoms with Gasteiger partial charge in [0.25, 0.3) is 0 Å². The summed E-state index contributed by atoms with van der Waals surface area (Å²) < 4.78 is 5.02. The number of hydrogen-bond donors (Lipinski definition) is 2. The van der Waals surface area contributed by atoms with E-state index in [-0.39, 0.29) is 12.5 Å². The minimum atomic E-state index is -0.768. The molecule has 0 saturated heterocycles. The summed E-state index contributed by atoms with van der Waals surface area (Å²) in [5, 5.41) is 12.3. The smallest absolute Gasteiger partial charge is 0.230 e. The van der Waals surface area contributed by atoms with E-state index in [0.29, 0.717) is 11.5 Å². The summed E-state index contributed by atoms with van der Waals surface area (Å²) in [6.07, 6.45) is 1.79. The molecule has 0 spiro atoms. The summed E-state index contributed by atoms with van der Waals surface area (Å²) in [6, 6.07) is 3.39. The molecule has 1 heterocycles. The van der Waals surface area contributed by atoms with Gasteiger partial charge >= 0.3 is 0 Å². The van der Waals surface area contributed by atoms with Crippen LogP contribution in [0, 0.1) is 0 Å². The molecule has 0 aliphatic heterocycles. The van der Waals surface area contributed by atoms with Crippen LogP contribution in [0.3, 0.4) is 0 Å². The molecule has 90 valence electrons. The van der Waals surface area contributed by atoms with E-state index >= 15 is 0 Å². The lowest BCUT2D eigenvalue weighted by Crippen LogP contribution is -2.29. The second kappa shape index (κ2) is 7.35. The van der Waals surface area contributed by atoms with Crippen LogP contribution >= 0.6 is 11.8 Å². The Bertz CT molecular complexity index is 300. The van der Waals surface area contributed by atoms with Crippen molar-refractivity contribution >= 4 is 17.7 Å². The van der Waals surface area contributed by atoms with Crippen molar-refractivity contribution in [1.82, 2.24) is 5.32 Å². The van der Waals surface area contributed by atoms with Crippen LogP contribution in [0.25, 0.3) is 0 Å². The number of carbonyl (C=O) groups is 1. The first-order chi connectivity index (χ1) is 7.74. The SMILES string of the molecule is CCCSCC(=O)NCC(O)c1ccco1. The summed E-state index contributed by atoms with van der Waals surface area (Å²) in [5.41, 5.74) is 0. The molecule has 0 bridgehead atoms. The maximum Gasteiger partial charge on any atom is 0.230 e. The molecule has 1 aromatic heterocycles. The van der Waals surface area contributed by atoms with Gasteiger partial charge in [0, 0.05) is 0 Å². The zero-order valence-electron chi connectivity index (χ0n) is 9.31. The van der Waals surface area contributed by atoms with E-state index in [1.54, 1.807) is 23.9 Å². The Labute approximate surface area is 99.4 Å². The van der Waals surface area contributed by atoms with E-state index in [1.165, 1.54) is 6.26 Å². The van der Waals surface area contributed by atoms with Gasteiger partial charge in [-0.05, 0) is 24.3 Å². The van der Waals surface area contributed by atoms with Gasteiger partial charge in [0.2, 0.25) is 5.91 Å². The third kappa shape index (κ3) is 4.72. The number of carbonyl (C=O) groups excluding carboxylic acids is 1. The topological polar surface area (TPSA) is 62.5 Å². The first-order valence-corrected chi connectivity index (χ1v) is 6.45. The normalized spacial score (nSPS) is 12.4. The van der Waals surface area contributed by atoms with E-state index in [4.69, 9.17) is 4.42 Å². The lowest BCUT2D eigenvalue weighted by Gasteiger charge is -2.09. The zero-order chi connectivity index (χ0) is 11.8. The van der Waals surface area contributed by atoms with Gasteiger partial charge in [-0.1, -0.05) is 6.92 Å². The van der Waals surface area contributed by atoms with Crippen LogP contribution in [0.4, 0.5) is 0 Å². The van der Waals surface area contributed by atoms with Gasteiger partial charge in [-0.25, -0.2) is 0 Å². The number of amides is 1. The number of nitrogens with one attached hydrogen (secondary N) is 1. The average molecular weight is 243 g/mol. The number of thioether (sulfide) groups is 1. The monoisotopic (exact) mass is 243 g/mol. The van der Waals surface area contributed by atoms with Gasteiger partial charge in [0.05, 0.1) is 18.6 Å². The van der Waals surface area contributed by atoms with Crippen molar-refractivity contribution in [3.63, 3.8) is 0 Å². The zero-order valence-corrected chi connectivity index (χ0v) is 10.1. The van der Waals surface area contributed by atoms with E-state index in [9.17, 15) is 9.90 Å². The number of aliphatic hydroxyl groups is 1. The standard InChI is InChI=1S/C11H17NO3S/c1-2-6-16-8-11(14)12-7-9(13)10-4-3-5-15-10/h3-5,9,13H,2,6-8H2,1H3,(H,12,14). The van der Waals surface area contributed by atoms with E-state index in [0.717, 1.165) is 12.2 Å². The second-order valence-electron chi connectivity index (χ2n) is 3.39. The Morgan fingerprint density at radius 2 is 2.50 bits per heavy atom. The number of aliphatic hydroxyl groups excluding tert-OH is 1. The van der Waals surface area contributed by atoms with Crippen LogP contribution in [-0.4, -0.2) is 29.1 Å². The maximum atomic E-state index is 11.3. The molecule has 0 aromatic carbocycles. The lowest BCUT2D eigenvalue weighted by molar-refractivity contribution is -0.119. The van der Waals surface area contributed by atoms with Gasteiger partial charge in [0.1, 0.15) is 11.9 Å². The summed E-state index contributed by atoms with van der Waals surface area (Å²) in [7, 11) is 0. The van der Waals surface area contributed by atoms with Crippen LogP contribution in [0.2, 0.25) is 0 Å². The predicted octanol–water partition coefficient (Wildman–Crippen LogP) is 1.57. The molecule has 4 nitrogen and oxygen atoms in total. The molecule has 0 radical (unpaired) electrons. The van der Waals surface area contributed by atoms with Gasteiger partial charge < -0.3 is 14.8 Å². The molecule has 16 heavy (non-hydrogen) atoms. The lowest BCUT2D eigenvalue weighted by atomic mass is 10.3. The van der Waals surface area contributed by atoms with Crippen LogP contribution in [0.15, 0.2) is 22.8 Å². The van der Waals surface area contributed by atoms with Crippen molar-refractivity contribution in [3.05, 3.63) is 24.2 Å².